The van der Waals surface area contributed by atoms with Gasteiger partial charge in [0.2, 0.25) is 0 Å². The number of phenolic OH excluding ortho intramolecular Hbond substituents is 1. The van der Waals surface area contributed by atoms with Crippen molar-refractivity contribution in [2.75, 3.05) is 5.73 Å². The van der Waals surface area contributed by atoms with Crippen LogP contribution in [0.3, 0.4) is 0 Å². The number of nitrogens with zero attached hydrogens (tertiary/aromatic N) is 1. The molecule has 0 amide bonds. The summed E-state index contributed by atoms with van der Waals surface area (Å²) in [5.74, 6) is -0.0887. The Labute approximate surface area is 146 Å². The Morgan fingerprint density at radius 2 is 1.62 bits per heavy atom. The van der Waals surface area contributed by atoms with Gasteiger partial charge in [-0.3, -0.25) is 10.1 Å². The quantitative estimate of drug-likeness (QED) is 0.237. The molecule has 1 radical (unpaired) electrons. The third kappa shape index (κ3) is 9.98. The van der Waals surface area contributed by atoms with Crippen molar-refractivity contribution in [3.63, 3.8) is 0 Å². The Balaban J connectivity index is -0.000000274. The molecule has 8 heteroatoms. The van der Waals surface area contributed by atoms with E-state index in [0.717, 1.165) is 11.8 Å². The Morgan fingerprint density at radius 3 is 1.95 bits per heavy atom. The first kappa shape index (κ1) is 24.6. The molecule has 0 aromatic heterocycles. The molecule has 3 N–H and O–H groups in total. The number of halogens is 2. The van der Waals surface area contributed by atoms with E-state index in [1.807, 2.05) is 31.2 Å². The van der Waals surface area contributed by atoms with Crippen LogP contribution in [-0.4, -0.2) is 10.0 Å². The standard InChI is InChI=1S/C7H9N.C6H5NO3.2ClH.Cu/c1-6-2-4-7(8)5-3-6;8-6-3-1-2-5(4-6)7(9)10;;;/h2-5H,8H2,1H3;1-4,8H;2*1H;/q;;;;+2/p-2. The maximum atomic E-state index is 10.0. The van der Waals surface area contributed by atoms with Crippen molar-refractivity contribution in [2.45, 2.75) is 6.92 Å². The van der Waals surface area contributed by atoms with Crippen LogP contribution in [0.2, 0.25) is 0 Å². The molecular formula is C13H14Cl2CuN2O3. The van der Waals surface area contributed by atoms with E-state index in [2.05, 4.69) is 0 Å². The summed E-state index contributed by atoms with van der Waals surface area (Å²) in [4.78, 5) is 9.49. The van der Waals surface area contributed by atoms with Crippen molar-refractivity contribution < 1.29 is 51.9 Å². The van der Waals surface area contributed by atoms with E-state index in [-0.39, 0.29) is 53.3 Å². The zero-order valence-corrected chi connectivity index (χ0v) is 13.4. The predicted molar refractivity (Wildman–Crippen MR) is 70.4 cm³/mol. The van der Waals surface area contributed by atoms with Crippen LogP contribution in [0.1, 0.15) is 5.56 Å². The number of non-ortho nitro benzene ring substituents is 1. The van der Waals surface area contributed by atoms with Crippen LogP contribution in [0.25, 0.3) is 0 Å². The van der Waals surface area contributed by atoms with Gasteiger partial charge in [0.1, 0.15) is 5.75 Å². The molecule has 0 unspecified atom stereocenters. The molecule has 2 rings (SSSR count). The molecule has 21 heavy (non-hydrogen) atoms. The summed E-state index contributed by atoms with van der Waals surface area (Å²) < 4.78 is 0. The molecule has 0 aliphatic rings. The van der Waals surface area contributed by atoms with Crippen molar-refractivity contribution in [2.24, 2.45) is 0 Å². The number of nitrogen functional groups attached to an aromatic ring is 1. The number of aromatic hydroxyl groups is 1. The van der Waals surface area contributed by atoms with Crippen LogP contribution in [0.5, 0.6) is 5.75 Å². The van der Waals surface area contributed by atoms with Crippen LogP contribution >= 0.6 is 0 Å². The predicted octanol–water partition coefficient (Wildman–Crippen LogP) is -3.12. The van der Waals surface area contributed by atoms with E-state index in [9.17, 15) is 10.1 Å². The molecule has 0 bridgehead atoms. The summed E-state index contributed by atoms with van der Waals surface area (Å²) in [5.41, 5.74) is 7.41. The number of nitrogens with two attached hydrogens (primary N) is 1. The zero-order valence-electron chi connectivity index (χ0n) is 11.0. The molecule has 119 valence electrons. The molecule has 2 aromatic carbocycles. The van der Waals surface area contributed by atoms with Crippen LogP contribution in [0.4, 0.5) is 11.4 Å². The number of benzene rings is 2. The van der Waals surface area contributed by atoms with E-state index in [1.54, 1.807) is 0 Å². The molecule has 0 heterocycles. The van der Waals surface area contributed by atoms with Crippen molar-refractivity contribution >= 4 is 11.4 Å². The zero-order chi connectivity index (χ0) is 13.5. The summed E-state index contributed by atoms with van der Waals surface area (Å²) in [5, 5.41) is 18.8. The number of anilines is 1. The molecule has 0 saturated carbocycles. The van der Waals surface area contributed by atoms with E-state index in [1.165, 1.54) is 23.8 Å². The van der Waals surface area contributed by atoms with Gasteiger partial charge in [-0.1, -0.05) is 23.8 Å². The normalized spacial score (nSPS) is 7.86. The number of hydrogen-bond acceptors (Lipinski definition) is 4. The molecule has 0 atom stereocenters. The fourth-order valence-electron chi connectivity index (χ4n) is 1.17. The topological polar surface area (TPSA) is 89.4 Å². The summed E-state index contributed by atoms with van der Waals surface area (Å²) >= 11 is 0. The minimum absolute atomic E-state index is 0. The molecule has 5 nitrogen and oxygen atoms in total. The average Bonchev–Trinajstić information content (AvgIpc) is 2.34. The fourth-order valence-corrected chi connectivity index (χ4v) is 1.17. The fraction of sp³-hybridized carbons (Fsp3) is 0.0769. The van der Waals surface area contributed by atoms with E-state index >= 15 is 0 Å². The summed E-state index contributed by atoms with van der Waals surface area (Å²) in [7, 11) is 0. The second kappa shape index (κ2) is 12.3. The second-order valence-corrected chi connectivity index (χ2v) is 3.69. The number of rotatable bonds is 1. The van der Waals surface area contributed by atoms with Gasteiger partial charge in [0, 0.05) is 11.8 Å². The first-order valence-corrected chi connectivity index (χ1v) is 5.24. The molecule has 0 fully saturated rings. The summed E-state index contributed by atoms with van der Waals surface area (Å²) in [6, 6.07) is 13.0. The SMILES string of the molecule is Cc1ccc(N)cc1.O=[N+]([O-])c1cccc(O)c1.[Cl-].[Cl-].[Cu+2]. The van der Waals surface area contributed by atoms with Crippen molar-refractivity contribution in [3.8, 4) is 5.75 Å². The number of nitro groups is 1. The van der Waals surface area contributed by atoms with Gasteiger partial charge < -0.3 is 35.7 Å². The van der Waals surface area contributed by atoms with Crippen LogP contribution in [0, 0.1) is 17.0 Å². The third-order valence-electron chi connectivity index (χ3n) is 2.12. The van der Waals surface area contributed by atoms with Crippen LogP contribution < -0.4 is 30.5 Å². The van der Waals surface area contributed by atoms with E-state index < -0.39 is 4.92 Å². The van der Waals surface area contributed by atoms with Crippen molar-refractivity contribution in [1.82, 2.24) is 0 Å². The third-order valence-corrected chi connectivity index (χ3v) is 2.12. The maximum Gasteiger partial charge on any atom is 2.00 e. The second-order valence-electron chi connectivity index (χ2n) is 3.69. The summed E-state index contributed by atoms with van der Waals surface area (Å²) in [6.07, 6.45) is 0. The first-order chi connectivity index (χ1) is 8.49. The van der Waals surface area contributed by atoms with Gasteiger partial charge in [0.15, 0.2) is 0 Å². The maximum absolute atomic E-state index is 10.0. The Morgan fingerprint density at radius 1 is 1.10 bits per heavy atom. The smallest absolute Gasteiger partial charge is 1.00 e. The Kier molecular flexibility index (Phi) is 14.4. The minimum Gasteiger partial charge on any atom is -1.00 e. The van der Waals surface area contributed by atoms with Gasteiger partial charge in [-0.2, -0.15) is 0 Å². The molecule has 0 saturated heterocycles. The number of aryl methyl sites for hydroxylation is 1. The minimum atomic E-state index is -0.556. The van der Waals surface area contributed by atoms with Gasteiger partial charge in [0.25, 0.3) is 5.69 Å². The number of phenols is 1. The van der Waals surface area contributed by atoms with Gasteiger partial charge in [-0.25, -0.2) is 0 Å². The first-order valence-electron chi connectivity index (χ1n) is 5.24. The molecular weight excluding hydrogens is 367 g/mol. The number of hydrogen-bond donors (Lipinski definition) is 2. The van der Waals surface area contributed by atoms with E-state index in [0.29, 0.717) is 0 Å². The van der Waals surface area contributed by atoms with Gasteiger partial charge in [-0.05, 0) is 25.1 Å². The van der Waals surface area contributed by atoms with Crippen LogP contribution in [0.15, 0.2) is 48.5 Å². The Hall–Kier alpha value is -1.46. The monoisotopic (exact) mass is 379 g/mol. The average molecular weight is 381 g/mol. The van der Waals surface area contributed by atoms with Crippen molar-refractivity contribution in [3.05, 3.63) is 64.2 Å². The van der Waals surface area contributed by atoms with Crippen LogP contribution in [-0.2, 0) is 17.1 Å². The number of nitro benzene ring substituents is 1. The summed E-state index contributed by atoms with van der Waals surface area (Å²) in [6.45, 7) is 2.04. The Bertz CT molecular complexity index is 518. The molecule has 2 aromatic rings. The largest absolute Gasteiger partial charge is 2.00 e. The molecule has 0 spiro atoms. The van der Waals surface area contributed by atoms with Gasteiger partial charge >= 0.3 is 17.1 Å². The molecule has 0 aliphatic heterocycles. The molecule has 0 aliphatic carbocycles. The van der Waals surface area contributed by atoms with Gasteiger partial charge in [-0.15, -0.1) is 0 Å². The van der Waals surface area contributed by atoms with E-state index in [4.69, 9.17) is 10.8 Å². The van der Waals surface area contributed by atoms with Crippen molar-refractivity contribution in [1.29, 1.82) is 0 Å². The van der Waals surface area contributed by atoms with Gasteiger partial charge in [0.05, 0.1) is 11.0 Å².